The van der Waals surface area contributed by atoms with Crippen LogP contribution >= 0.6 is 0 Å². The lowest BCUT2D eigenvalue weighted by Crippen LogP contribution is -2.50. The molecule has 0 radical (unpaired) electrons. The summed E-state index contributed by atoms with van der Waals surface area (Å²) in [6.07, 6.45) is 0.763. The van der Waals surface area contributed by atoms with Gasteiger partial charge in [-0.05, 0) is 66.7 Å². The highest BCUT2D eigenvalue weighted by Gasteiger charge is 2.50. The number of hydrogen-bond donors (Lipinski definition) is 1. The van der Waals surface area contributed by atoms with Gasteiger partial charge in [0, 0.05) is 26.2 Å². The molecular weight excluding hydrogens is 448 g/mol. The second-order valence-corrected chi connectivity index (χ2v) is 12.2. The maximum Gasteiger partial charge on any atom is 0.410 e. The van der Waals surface area contributed by atoms with E-state index >= 15 is 0 Å². The number of sulfonamides is 1. The number of benzene rings is 1. The Morgan fingerprint density at radius 1 is 1.03 bits per heavy atom. The van der Waals surface area contributed by atoms with Gasteiger partial charge < -0.3 is 14.5 Å². The predicted molar refractivity (Wildman–Crippen MR) is 128 cm³/mol. The zero-order valence-corrected chi connectivity index (χ0v) is 21.6. The zero-order chi connectivity index (χ0) is 24.8. The summed E-state index contributed by atoms with van der Waals surface area (Å²) in [5, 5.41) is 1.33. The fourth-order valence-corrected chi connectivity index (χ4v) is 3.97. The number of rotatable bonds is 4. The molecule has 0 bridgehead atoms. The van der Waals surface area contributed by atoms with E-state index in [1.807, 2.05) is 65.5 Å². The summed E-state index contributed by atoms with van der Waals surface area (Å²) in [6, 6.07) is 5.34. The van der Waals surface area contributed by atoms with Crippen molar-refractivity contribution in [3.05, 3.63) is 18.2 Å². The van der Waals surface area contributed by atoms with Crippen LogP contribution < -0.4 is 14.8 Å². The van der Waals surface area contributed by atoms with E-state index in [-0.39, 0.29) is 6.09 Å². The molecule has 3 rings (SSSR count). The summed E-state index contributed by atoms with van der Waals surface area (Å²) in [5.41, 5.74) is -0.0149. The first-order valence-corrected chi connectivity index (χ1v) is 12.9. The molecule has 2 aliphatic heterocycles. The Balaban J connectivity index is 1.81. The molecule has 1 aromatic carbocycles. The summed E-state index contributed by atoms with van der Waals surface area (Å²) in [4.78, 5) is 28.0. The summed E-state index contributed by atoms with van der Waals surface area (Å²) >= 11 is 0. The number of nitrogens with zero attached hydrogens (tertiary/aromatic N) is 3. The SMILES string of the molecule is CC(C)(C)OC(=O)N1CCN(c2ccc(N3OC(C)(C)C(C)(C)O3)cc2NS(C)(=O)=O)CC1. The summed E-state index contributed by atoms with van der Waals surface area (Å²) in [5.74, 6) is 0. The molecule has 1 amide bonds. The van der Waals surface area contributed by atoms with Gasteiger partial charge in [0.05, 0.1) is 23.3 Å². The number of carbonyl (C=O) groups is 1. The largest absolute Gasteiger partial charge is 0.444 e. The Bertz CT molecular complexity index is 979. The average molecular weight is 485 g/mol. The molecule has 0 saturated carbocycles. The van der Waals surface area contributed by atoms with E-state index in [1.165, 1.54) is 5.23 Å². The van der Waals surface area contributed by atoms with E-state index < -0.39 is 26.8 Å². The third-order valence-electron chi connectivity index (χ3n) is 5.83. The molecule has 2 fully saturated rings. The number of hydrogen-bond acceptors (Lipinski definition) is 8. The van der Waals surface area contributed by atoms with Crippen molar-refractivity contribution in [1.29, 1.82) is 0 Å². The number of amides is 1. The average Bonchev–Trinajstić information content (AvgIpc) is 2.86. The van der Waals surface area contributed by atoms with Gasteiger partial charge in [-0.3, -0.25) is 4.72 Å². The normalized spacial score (nSPS) is 20.7. The van der Waals surface area contributed by atoms with Crippen molar-refractivity contribution in [2.75, 3.05) is 47.3 Å². The molecule has 1 N–H and O–H groups in total. The highest BCUT2D eigenvalue weighted by atomic mass is 32.2. The van der Waals surface area contributed by atoms with E-state index in [1.54, 1.807) is 11.0 Å². The number of nitrogens with one attached hydrogen (secondary N) is 1. The van der Waals surface area contributed by atoms with Crippen LogP contribution in [0.1, 0.15) is 48.5 Å². The number of piperazine rings is 1. The third kappa shape index (κ3) is 6.01. The molecule has 0 aliphatic carbocycles. The molecule has 2 aliphatic rings. The molecular formula is C22H36N4O6S. The van der Waals surface area contributed by atoms with E-state index in [4.69, 9.17) is 14.4 Å². The van der Waals surface area contributed by atoms with Crippen LogP contribution in [0.4, 0.5) is 21.9 Å². The van der Waals surface area contributed by atoms with Gasteiger partial charge in [0.1, 0.15) is 16.8 Å². The smallest absolute Gasteiger partial charge is 0.410 e. The predicted octanol–water partition coefficient (Wildman–Crippen LogP) is 3.36. The number of anilines is 3. The molecule has 2 saturated heterocycles. The van der Waals surface area contributed by atoms with Crippen molar-refractivity contribution >= 4 is 33.2 Å². The molecule has 33 heavy (non-hydrogen) atoms. The summed E-state index contributed by atoms with van der Waals surface area (Å²) in [7, 11) is -3.53. The second-order valence-electron chi connectivity index (χ2n) is 10.5. The molecule has 0 atom stereocenters. The Kier molecular flexibility index (Phi) is 6.55. The third-order valence-corrected chi connectivity index (χ3v) is 6.42. The lowest BCUT2D eigenvalue weighted by Gasteiger charge is -2.37. The van der Waals surface area contributed by atoms with Crippen molar-refractivity contribution in [3.63, 3.8) is 0 Å². The van der Waals surface area contributed by atoms with Crippen LogP contribution in [0.15, 0.2) is 18.2 Å². The Hall–Kier alpha value is -2.24. The van der Waals surface area contributed by atoms with Gasteiger partial charge in [-0.15, -0.1) is 5.23 Å². The van der Waals surface area contributed by atoms with Crippen LogP contribution in [0, 0.1) is 0 Å². The van der Waals surface area contributed by atoms with Crippen molar-refractivity contribution in [2.24, 2.45) is 0 Å². The number of carbonyl (C=O) groups excluding carboxylic acids is 1. The molecule has 10 nitrogen and oxygen atoms in total. The van der Waals surface area contributed by atoms with Crippen LogP contribution in [-0.4, -0.2) is 68.6 Å². The maximum absolute atomic E-state index is 12.4. The highest BCUT2D eigenvalue weighted by molar-refractivity contribution is 7.92. The fourth-order valence-electron chi connectivity index (χ4n) is 3.41. The van der Waals surface area contributed by atoms with Gasteiger partial charge >= 0.3 is 6.09 Å². The van der Waals surface area contributed by atoms with Gasteiger partial charge in [0.2, 0.25) is 10.0 Å². The fraction of sp³-hybridized carbons (Fsp3) is 0.682. The van der Waals surface area contributed by atoms with Gasteiger partial charge in [0.25, 0.3) is 0 Å². The van der Waals surface area contributed by atoms with Crippen molar-refractivity contribution in [1.82, 2.24) is 4.90 Å². The van der Waals surface area contributed by atoms with Gasteiger partial charge in [-0.2, -0.15) is 0 Å². The molecule has 0 unspecified atom stereocenters. The monoisotopic (exact) mass is 484 g/mol. The van der Waals surface area contributed by atoms with Crippen molar-refractivity contribution in [2.45, 2.75) is 65.3 Å². The first-order chi connectivity index (χ1) is 15.0. The van der Waals surface area contributed by atoms with Gasteiger partial charge in [-0.1, -0.05) is 0 Å². The van der Waals surface area contributed by atoms with Crippen molar-refractivity contribution < 1.29 is 27.6 Å². The molecule has 11 heteroatoms. The summed E-state index contributed by atoms with van der Waals surface area (Å²) < 4.78 is 32.2. The van der Waals surface area contributed by atoms with E-state index in [0.29, 0.717) is 43.2 Å². The Morgan fingerprint density at radius 3 is 2.06 bits per heavy atom. The minimum atomic E-state index is -3.53. The molecule has 0 spiro atoms. The van der Waals surface area contributed by atoms with Gasteiger partial charge in [-0.25, -0.2) is 22.9 Å². The van der Waals surface area contributed by atoms with Crippen LogP contribution in [-0.2, 0) is 24.4 Å². The van der Waals surface area contributed by atoms with Crippen LogP contribution in [0.3, 0.4) is 0 Å². The first-order valence-electron chi connectivity index (χ1n) is 11.0. The maximum atomic E-state index is 12.4. The minimum absolute atomic E-state index is 0.347. The minimum Gasteiger partial charge on any atom is -0.444 e. The highest BCUT2D eigenvalue weighted by Crippen LogP contribution is 2.41. The lowest BCUT2D eigenvalue weighted by molar-refractivity contribution is -0.0272. The van der Waals surface area contributed by atoms with E-state index in [9.17, 15) is 13.2 Å². The van der Waals surface area contributed by atoms with Crippen LogP contribution in [0.5, 0.6) is 0 Å². The first kappa shape index (κ1) is 25.4. The Morgan fingerprint density at radius 2 is 1.58 bits per heavy atom. The van der Waals surface area contributed by atoms with E-state index in [2.05, 4.69) is 4.72 Å². The number of ether oxygens (including phenoxy) is 1. The lowest BCUT2D eigenvalue weighted by atomic mass is 9.90. The topological polar surface area (TPSA) is 101 Å². The van der Waals surface area contributed by atoms with Gasteiger partial charge in [0.15, 0.2) is 0 Å². The summed E-state index contributed by atoms with van der Waals surface area (Å²) in [6.45, 7) is 15.2. The molecule has 1 aromatic rings. The standard InChI is InChI=1S/C22H36N4O6S/c1-20(2,3)30-19(27)25-13-11-24(12-14-25)18-10-9-16(15-17(18)23-33(8,28)29)26-31-21(4,5)22(6,7)32-26/h9-10,15,23H,11-14H2,1-8H3. The Labute approximate surface area is 196 Å². The quantitative estimate of drug-likeness (QED) is 0.694. The molecule has 2 heterocycles. The van der Waals surface area contributed by atoms with Crippen molar-refractivity contribution in [3.8, 4) is 0 Å². The van der Waals surface area contributed by atoms with Crippen LogP contribution in [0.25, 0.3) is 0 Å². The second kappa shape index (κ2) is 8.52. The van der Waals surface area contributed by atoms with Crippen LogP contribution in [0.2, 0.25) is 0 Å². The molecule has 186 valence electrons. The molecule has 0 aromatic heterocycles. The van der Waals surface area contributed by atoms with E-state index in [0.717, 1.165) is 6.26 Å². The zero-order valence-electron chi connectivity index (χ0n) is 20.8.